The van der Waals surface area contributed by atoms with Gasteiger partial charge in [-0.25, -0.2) is 14.6 Å². The highest BCUT2D eigenvalue weighted by Gasteiger charge is 2.26. The first-order chi connectivity index (χ1) is 24.6. The standard InChI is InChI=1S/C19H13Cl2N3O2.C19H13ClN2O3.CH4/c1-26-19(25)14-10-24(16-4-5-22-18(21)17(14)16)9-11-2-3-15-12(6-11)7-13(20)8-23-15;20-13-7-12-6-11(4-5-15(12)21-8-13)9-22-10-14(19(24)25)18-16(22)2-1-3-17(18)23;/h2-8,10H,9H2,1H3;1-2,4-8,10H,3,9H2,(H,24,25);1H4. The fourth-order valence-corrected chi connectivity index (χ4v) is 6.80. The van der Waals surface area contributed by atoms with Gasteiger partial charge in [0, 0.05) is 61.3 Å². The smallest absolute Gasteiger partial charge is 0.340 e. The summed E-state index contributed by atoms with van der Waals surface area (Å²) in [7, 11) is 1.34. The number of carbonyl (C=O) groups is 3. The molecular weight excluding hydrogens is 725 g/mol. The maximum Gasteiger partial charge on any atom is 0.340 e. The summed E-state index contributed by atoms with van der Waals surface area (Å²) in [5.41, 5.74) is 5.91. The number of esters is 1. The number of rotatable bonds is 6. The molecule has 0 bridgehead atoms. The van der Waals surface area contributed by atoms with Gasteiger partial charge in [0.1, 0.15) is 5.15 Å². The van der Waals surface area contributed by atoms with Crippen LogP contribution in [-0.2, 0) is 17.8 Å². The Morgan fingerprint density at radius 3 is 2.02 bits per heavy atom. The largest absolute Gasteiger partial charge is 0.478 e. The molecule has 262 valence electrons. The van der Waals surface area contributed by atoms with Gasteiger partial charge in [-0.1, -0.05) is 60.4 Å². The van der Waals surface area contributed by atoms with E-state index in [2.05, 4.69) is 15.0 Å². The molecule has 0 amide bonds. The van der Waals surface area contributed by atoms with Gasteiger partial charge >= 0.3 is 11.9 Å². The fourth-order valence-electron chi connectivity index (χ4n) is 6.22. The van der Waals surface area contributed by atoms with Crippen LogP contribution in [0.5, 0.6) is 0 Å². The highest BCUT2D eigenvalue weighted by atomic mass is 35.5. The first-order valence-electron chi connectivity index (χ1n) is 15.6. The van der Waals surface area contributed by atoms with Crippen LogP contribution in [-0.4, -0.2) is 54.0 Å². The number of methoxy groups -OCH3 is 1. The molecule has 13 heteroatoms. The molecule has 10 nitrogen and oxygen atoms in total. The number of ether oxygens (including phenoxy) is 1. The molecule has 0 spiro atoms. The van der Waals surface area contributed by atoms with E-state index in [-0.39, 0.29) is 30.3 Å². The number of carbonyl (C=O) groups excluding carboxylic acids is 2. The van der Waals surface area contributed by atoms with Crippen molar-refractivity contribution in [2.45, 2.75) is 26.9 Å². The number of ketones is 1. The van der Waals surface area contributed by atoms with Crippen molar-refractivity contribution < 1.29 is 24.2 Å². The molecule has 1 aliphatic carbocycles. The highest BCUT2D eigenvalue weighted by Crippen LogP contribution is 2.30. The number of fused-ring (bicyclic) bond motifs is 4. The van der Waals surface area contributed by atoms with Gasteiger partial charge in [-0.3, -0.25) is 14.8 Å². The maximum atomic E-state index is 12.1. The number of carboxylic acid groups (broad SMARTS) is 1. The zero-order valence-corrected chi connectivity index (χ0v) is 29.1. The number of aromatic carboxylic acids is 1. The summed E-state index contributed by atoms with van der Waals surface area (Å²) in [6.07, 6.45) is 11.9. The van der Waals surface area contributed by atoms with Gasteiger partial charge in [0.25, 0.3) is 0 Å². The van der Waals surface area contributed by atoms with Gasteiger partial charge in [0.2, 0.25) is 0 Å². The predicted octanol–water partition coefficient (Wildman–Crippen LogP) is 9.40. The van der Waals surface area contributed by atoms with Crippen molar-refractivity contribution in [3.63, 3.8) is 0 Å². The fraction of sp³-hybridized carbons (Fsp3) is 0.128. The first-order valence-corrected chi connectivity index (χ1v) is 16.7. The number of halogens is 3. The Kier molecular flexibility index (Phi) is 10.4. The molecule has 0 atom stereocenters. The number of hydrogen-bond donors (Lipinski definition) is 1. The molecule has 5 heterocycles. The summed E-state index contributed by atoms with van der Waals surface area (Å²) in [6, 6.07) is 17.3. The number of pyridine rings is 3. The second-order valence-electron chi connectivity index (χ2n) is 11.8. The molecule has 1 aliphatic rings. The van der Waals surface area contributed by atoms with Crippen LogP contribution in [0.25, 0.3) is 38.8 Å². The van der Waals surface area contributed by atoms with E-state index < -0.39 is 11.9 Å². The molecule has 0 radical (unpaired) electrons. The molecule has 2 aromatic carbocycles. The lowest BCUT2D eigenvalue weighted by molar-refractivity contribution is 0.0601. The van der Waals surface area contributed by atoms with E-state index in [1.165, 1.54) is 13.3 Å². The molecule has 1 N–H and O–H groups in total. The molecule has 0 saturated heterocycles. The van der Waals surface area contributed by atoms with E-state index >= 15 is 0 Å². The van der Waals surface area contributed by atoms with E-state index in [1.54, 1.807) is 35.4 Å². The lowest BCUT2D eigenvalue weighted by Gasteiger charge is -2.11. The quantitative estimate of drug-likeness (QED) is 0.131. The van der Waals surface area contributed by atoms with Crippen LogP contribution in [0.1, 0.15) is 61.7 Å². The summed E-state index contributed by atoms with van der Waals surface area (Å²) in [4.78, 5) is 48.4. The van der Waals surface area contributed by atoms with Crippen molar-refractivity contribution in [2.75, 3.05) is 7.11 Å². The van der Waals surface area contributed by atoms with E-state index in [9.17, 15) is 19.5 Å². The first kappa shape index (κ1) is 36.2. The third-order valence-corrected chi connectivity index (χ3v) is 9.19. The number of Topliss-reactive ketones (excluding diaryl/α,β-unsaturated/α-hetero) is 1. The Labute approximate surface area is 312 Å². The molecular formula is C39H30Cl3N5O5. The van der Waals surface area contributed by atoms with Gasteiger partial charge < -0.3 is 19.0 Å². The summed E-state index contributed by atoms with van der Waals surface area (Å²) >= 11 is 18.3. The van der Waals surface area contributed by atoms with Crippen molar-refractivity contribution >= 4 is 91.3 Å². The average Bonchev–Trinajstić information content (AvgIpc) is 3.68. The Bertz CT molecular complexity index is 2580. The molecule has 0 unspecified atom stereocenters. The normalized spacial score (nSPS) is 12.0. The number of hydrogen-bond acceptors (Lipinski definition) is 7. The number of allylic oxidation sites excluding steroid dienone is 1. The average molecular weight is 755 g/mol. The second-order valence-corrected chi connectivity index (χ2v) is 13.0. The lowest BCUT2D eigenvalue weighted by atomic mass is 9.99. The van der Waals surface area contributed by atoms with Gasteiger partial charge in [-0.05, 0) is 59.7 Å². The number of benzene rings is 2. The summed E-state index contributed by atoms with van der Waals surface area (Å²) in [6.45, 7) is 1.01. The van der Waals surface area contributed by atoms with E-state index in [0.29, 0.717) is 45.3 Å². The Balaban J connectivity index is 0.000000175. The SMILES string of the molecule is C.COC(=O)c1cn(Cc2ccc3ncc(Cl)cc3c2)c2ccnc(Cl)c12.O=C(O)c1cn(Cc2ccc3ncc(Cl)cc3c2)c2c1C(=O)CC=C2. The minimum atomic E-state index is -1.09. The van der Waals surface area contributed by atoms with Crippen LogP contribution in [0, 0.1) is 0 Å². The van der Waals surface area contributed by atoms with E-state index in [4.69, 9.17) is 39.5 Å². The number of carboxylic acids is 1. The summed E-state index contributed by atoms with van der Waals surface area (Å²) < 4.78 is 8.62. The highest BCUT2D eigenvalue weighted by molar-refractivity contribution is 6.35. The van der Waals surface area contributed by atoms with Crippen LogP contribution in [0.2, 0.25) is 15.2 Å². The molecule has 0 fully saturated rings. The Morgan fingerprint density at radius 2 is 1.42 bits per heavy atom. The third-order valence-electron chi connectivity index (χ3n) is 8.49. The minimum Gasteiger partial charge on any atom is -0.478 e. The lowest BCUT2D eigenvalue weighted by Crippen LogP contribution is -2.10. The van der Waals surface area contributed by atoms with E-state index in [1.807, 2.05) is 65.2 Å². The van der Waals surface area contributed by atoms with Crippen LogP contribution in [0.3, 0.4) is 0 Å². The van der Waals surface area contributed by atoms with Gasteiger partial charge in [-0.15, -0.1) is 0 Å². The second kappa shape index (κ2) is 15.0. The predicted molar refractivity (Wildman–Crippen MR) is 204 cm³/mol. The molecule has 7 aromatic rings. The van der Waals surface area contributed by atoms with Crippen molar-refractivity contribution in [3.8, 4) is 0 Å². The minimum absolute atomic E-state index is 0. The number of aromatic nitrogens is 5. The van der Waals surface area contributed by atoms with Gasteiger partial charge in [0.05, 0.1) is 61.5 Å². The van der Waals surface area contributed by atoms with Crippen LogP contribution in [0.4, 0.5) is 0 Å². The van der Waals surface area contributed by atoms with Crippen molar-refractivity contribution in [3.05, 3.63) is 140 Å². The van der Waals surface area contributed by atoms with Crippen molar-refractivity contribution in [2.24, 2.45) is 0 Å². The molecule has 52 heavy (non-hydrogen) atoms. The van der Waals surface area contributed by atoms with Crippen LogP contribution >= 0.6 is 34.8 Å². The van der Waals surface area contributed by atoms with Crippen LogP contribution in [0.15, 0.2) is 91.7 Å². The zero-order valence-electron chi connectivity index (χ0n) is 26.8. The molecule has 5 aromatic heterocycles. The van der Waals surface area contributed by atoms with Gasteiger partial charge in [0.15, 0.2) is 5.78 Å². The summed E-state index contributed by atoms with van der Waals surface area (Å²) in [5, 5.41) is 13.3. The number of nitrogens with zero attached hydrogens (tertiary/aromatic N) is 5. The maximum absolute atomic E-state index is 12.1. The Hall–Kier alpha value is -5.55. The Morgan fingerprint density at radius 1 is 0.827 bits per heavy atom. The monoisotopic (exact) mass is 753 g/mol. The molecule has 0 saturated carbocycles. The zero-order chi connectivity index (χ0) is 35.8. The van der Waals surface area contributed by atoms with Crippen LogP contribution < -0.4 is 0 Å². The molecule has 8 rings (SSSR count). The van der Waals surface area contributed by atoms with Gasteiger partial charge in [-0.2, -0.15) is 0 Å². The molecule has 0 aliphatic heterocycles. The van der Waals surface area contributed by atoms with Crippen molar-refractivity contribution in [1.82, 2.24) is 24.1 Å². The van der Waals surface area contributed by atoms with E-state index in [0.717, 1.165) is 38.4 Å². The summed E-state index contributed by atoms with van der Waals surface area (Å²) in [5.74, 6) is -1.70. The topological polar surface area (TPSA) is 129 Å². The van der Waals surface area contributed by atoms with Crippen molar-refractivity contribution in [1.29, 1.82) is 0 Å². The third kappa shape index (κ3) is 7.13.